The van der Waals surface area contributed by atoms with E-state index >= 15 is 0 Å². The van der Waals surface area contributed by atoms with E-state index in [4.69, 9.17) is 4.98 Å². The highest BCUT2D eigenvalue weighted by atomic mass is 15.2. The second-order valence-electron chi connectivity index (χ2n) is 8.15. The summed E-state index contributed by atoms with van der Waals surface area (Å²) in [6, 6.07) is 6.84. The van der Waals surface area contributed by atoms with E-state index in [1.54, 1.807) is 0 Å². The number of hydrogen-bond acceptors (Lipinski definition) is 1. The first-order chi connectivity index (χ1) is 10.6. The van der Waals surface area contributed by atoms with Crippen LogP contribution in [0.2, 0.25) is 0 Å². The Hall–Kier alpha value is -1.57. The smallest absolute Gasteiger partial charge is 0.140 e. The third-order valence-corrected chi connectivity index (χ3v) is 6.55. The second-order valence-corrected chi connectivity index (χ2v) is 8.15. The van der Waals surface area contributed by atoms with Crippen molar-refractivity contribution in [3.05, 3.63) is 41.7 Å². The summed E-state index contributed by atoms with van der Waals surface area (Å²) < 4.78 is 2.57. The van der Waals surface area contributed by atoms with Crippen LogP contribution in [0, 0.1) is 31.6 Å². The number of nitrogens with zero attached hydrogens (tertiary/aromatic N) is 2. The van der Waals surface area contributed by atoms with Crippen LogP contribution in [0.3, 0.4) is 0 Å². The summed E-state index contributed by atoms with van der Waals surface area (Å²) in [7, 11) is 0. The zero-order valence-electron chi connectivity index (χ0n) is 13.5. The van der Waals surface area contributed by atoms with Gasteiger partial charge in [-0.05, 0) is 75.8 Å². The van der Waals surface area contributed by atoms with Crippen LogP contribution in [-0.4, -0.2) is 9.55 Å². The minimum Gasteiger partial charge on any atom is -0.325 e. The molecule has 4 bridgehead atoms. The Kier molecular flexibility index (Phi) is 2.49. The van der Waals surface area contributed by atoms with E-state index in [9.17, 15) is 0 Å². The minimum atomic E-state index is 0.386. The van der Waals surface area contributed by atoms with E-state index in [0.717, 1.165) is 17.8 Å². The Morgan fingerprint density at radius 3 is 2.36 bits per heavy atom. The molecule has 4 aliphatic rings. The number of benzene rings is 1. The fourth-order valence-corrected chi connectivity index (χ4v) is 6.13. The maximum Gasteiger partial charge on any atom is 0.140 e. The molecule has 114 valence electrons. The van der Waals surface area contributed by atoms with Crippen molar-refractivity contribution in [3.63, 3.8) is 0 Å². The molecule has 2 aromatic rings. The Balaban J connectivity index is 1.65. The highest BCUT2D eigenvalue weighted by Gasteiger charge is 2.59. The van der Waals surface area contributed by atoms with Crippen molar-refractivity contribution >= 4 is 0 Å². The van der Waals surface area contributed by atoms with Crippen molar-refractivity contribution in [2.24, 2.45) is 17.8 Å². The van der Waals surface area contributed by atoms with Crippen LogP contribution in [0.15, 0.2) is 30.6 Å². The predicted octanol–water partition coefficient (Wildman–Crippen LogP) is 4.70. The number of aromatic nitrogens is 2. The lowest BCUT2D eigenvalue weighted by molar-refractivity contribution is 0.206. The Labute approximate surface area is 132 Å². The number of rotatable bonds is 2. The molecule has 2 unspecified atom stereocenters. The lowest BCUT2D eigenvalue weighted by Crippen LogP contribution is -2.35. The van der Waals surface area contributed by atoms with E-state index in [-0.39, 0.29) is 0 Å². The third kappa shape index (κ3) is 1.64. The quantitative estimate of drug-likeness (QED) is 0.784. The van der Waals surface area contributed by atoms with Crippen LogP contribution in [0.1, 0.15) is 43.2 Å². The summed E-state index contributed by atoms with van der Waals surface area (Å²) in [6.07, 6.45) is 11.5. The van der Waals surface area contributed by atoms with E-state index in [1.165, 1.54) is 54.6 Å². The van der Waals surface area contributed by atoms with Crippen LogP contribution in [0.25, 0.3) is 11.4 Å². The number of hydrogen-bond donors (Lipinski definition) is 0. The van der Waals surface area contributed by atoms with Crippen molar-refractivity contribution in [2.45, 2.75) is 51.5 Å². The second kappa shape index (κ2) is 4.24. The third-order valence-electron chi connectivity index (χ3n) is 6.55. The normalized spacial score (nSPS) is 35.5. The number of imidazole rings is 1. The van der Waals surface area contributed by atoms with Gasteiger partial charge in [0, 0.05) is 23.5 Å². The molecular weight excluding hydrogens is 268 g/mol. The van der Waals surface area contributed by atoms with Crippen LogP contribution in [0.5, 0.6) is 0 Å². The summed E-state index contributed by atoms with van der Waals surface area (Å²) >= 11 is 0. The van der Waals surface area contributed by atoms with Crippen molar-refractivity contribution in [3.8, 4) is 11.4 Å². The molecule has 0 amide bonds. The van der Waals surface area contributed by atoms with Crippen molar-refractivity contribution in [1.29, 1.82) is 0 Å². The van der Waals surface area contributed by atoms with Gasteiger partial charge in [-0.25, -0.2) is 4.98 Å². The van der Waals surface area contributed by atoms with Gasteiger partial charge in [-0.1, -0.05) is 17.2 Å². The molecule has 0 N–H and O–H groups in total. The molecular formula is C20H24N2. The van der Waals surface area contributed by atoms with Gasteiger partial charge in [-0.15, -0.1) is 0 Å². The Bertz CT molecular complexity index is 708. The molecule has 2 nitrogen and oxygen atoms in total. The first-order valence-electron chi connectivity index (χ1n) is 8.76. The van der Waals surface area contributed by atoms with E-state index in [0.29, 0.717) is 5.54 Å². The van der Waals surface area contributed by atoms with Crippen molar-refractivity contribution in [2.75, 3.05) is 0 Å². The predicted molar refractivity (Wildman–Crippen MR) is 88.7 cm³/mol. The van der Waals surface area contributed by atoms with Crippen LogP contribution in [-0.2, 0) is 5.54 Å². The highest BCUT2D eigenvalue weighted by Crippen LogP contribution is 2.64. The van der Waals surface area contributed by atoms with Crippen LogP contribution >= 0.6 is 0 Å². The Morgan fingerprint density at radius 2 is 1.68 bits per heavy atom. The molecule has 4 saturated carbocycles. The average Bonchev–Trinajstić information content (AvgIpc) is 3.08. The van der Waals surface area contributed by atoms with E-state index in [2.05, 4.69) is 42.8 Å². The molecule has 1 heterocycles. The number of aryl methyl sites for hydroxylation is 2. The summed E-state index contributed by atoms with van der Waals surface area (Å²) in [5.74, 6) is 4.05. The molecule has 22 heavy (non-hydrogen) atoms. The maximum absolute atomic E-state index is 4.77. The van der Waals surface area contributed by atoms with Crippen molar-refractivity contribution < 1.29 is 0 Å². The summed E-state index contributed by atoms with van der Waals surface area (Å²) in [5.41, 5.74) is 4.35. The molecule has 1 aromatic carbocycles. The highest BCUT2D eigenvalue weighted by molar-refractivity contribution is 5.59. The van der Waals surface area contributed by atoms with Crippen LogP contribution in [0.4, 0.5) is 0 Å². The van der Waals surface area contributed by atoms with Gasteiger partial charge in [0.2, 0.25) is 0 Å². The maximum atomic E-state index is 4.77. The molecule has 0 saturated heterocycles. The molecule has 0 radical (unpaired) electrons. The van der Waals surface area contributed by atoms with Gasteiger partial charge in [-0.3, -0.25) is 0 Å². The van der Waals surface area contributed by atoms with Gasteiger partial charge in [0.05, 0.1) is 0 Å². The Morgan fingerprint density at radius 1 is 1.00 bits per heavy atom. The van der Waals surface area contributed by atoms with Gasteiger partial charge in [0.1, 0.15) is 5.82 Å². The fraction of sp³-hybridized carbons (Fsp3) is 0.550. The zero-order chi connectivity index (χ0) is 14.9. The standard InChI is InChI=1S/C20H24N2/c1-13-5-14(2)7-17(6-13)19-21-3-4-22(19)20-11-15-8-16(12-20)10-18(20)9-15/h3-7,15-16,18H,8-12H2,1-2H3. The monoisotopic (exact) mass is 292 g/mol. The molecule has 0 aliphatic heterocycles. The minimum absolute atomic E-state index is 0.386. The first kappa shape index (κ1) is 12.9. The largest absolute Gasteiger partial charge is 0.325 e. The van der Waals surface area contributed by atoms with Crippen LogP contribution < -0.4 is 0 Å². The zero-order valence-corrected chi connectivity index (χ0v) is 13.5. The SMILES string of the molecule is Cc1cc(C)cc(-c2nccn2C23CC4CC(CC2C4)C3)c1. The molecule has 6 rings (SSSR count). The molecule has 2 heteroatoms. The van der Waals surface area contributed by atoms with Crippen molar-refractivity contribution in [1.82, 2.24) is 9.55 Å². The fourth-order valence-electron chi connectivity index (χ4n) is 6.13. The lowest BCUT2D eigenvalue weighted by atomic mass is 9.80. The van der Waals surface area contributed by atoms with Gasteiger partial charge >= 0.3 is 0 Å². The van der Waals surface area contributed by atoms with Gasteiger partial charge < -0.3 is 4.57 Å². The molecule has 1 aromatic heterocycles. The molecule has 2 atom stereocenters. The average molecular weight is 292 g/mol. The molecule has 4 aliphatic carbocycles. The van der Waals surface area contributed by atoms with E-state index in [1.807, 2.05) is 6.20 Å². The summed E-state index contributed by atoms with van der Waals surface area (Å²) in [5, 5.41) is 0. The van der Waals surface area contributed by atoms with E-state index < -0.39 is 0 Å². The van der Waals surface area contributed by atoms with Gasteiger partial charge in [0.25, 0.3) is 0 Å². The van der Waals surface area contributed by atoms with Gasteiger partial charge in [0.15, 0.2) is 0 Å². The topological polar surface area (TPSA) is 17.8 Å². The molecule has 4 fully saturated rings. The summed E-state index contributed by atoms with van der Waals surface area (Å²) in [4.78, 5) is 4.77. The lowest BCUT2D eigenvalue weighted by Gasteiger charge is -2.35. The molecule has 0 spiro atoms. The van der Waals surface area contributed by atoms with Gasteiger partial charge in [-0.2, -0.15) is 0 Å². The first-order valence-corrected chi connectivity index (χ1v) is 8.76. The summed E-state index contributed by atoms with van der Waals surface area (Å²) in [6.45, 7) is 4.37.